The molecule has 0 aliphatic rings. The van der Waals surface area contributed by atoms with Gasteiger partial charge in [0.15, 0.2) is 0 Å². The Morgan fingerprint density at radius 1 is 1.16 bits per heavy atom. The zero-order valence-corrected chi connectivity index (χ0v) is 12.2. The Morgan fingerprint density at radius 3 is 2.32 bits per heavy atom. The van der Waals surface area contributed by atoms with Crippen molar-refractivity contribution < 1.29 is 14.7 Å². The maximum atomic E-state index is 11.6. The topological polar surface area (TPSA) is 81.7 Å². The third-order valence-corrected chi connectivity index (χ3v) is 2.88. The van der Waals surface area contributed by atoms with E-state index in [4.69, 9.17) is 5.11 Å². The minimum absolute atomic E-state index is 0.409. The van der Waals surface area contributed by atoms with E-state index in [0.717, 1.165) is 32.5 Å². The van der Waals surface area contributed by atoms with E-state index in [2.05, 4.69) is 29.4 Å². The van der Waals surface area contributed by atoms with Crippen LogP contribution < -0.4 is 10.6 Å². The van der Waals surface area contributed by atoms with Crippen LogP contribution in [0.25, 0.3) is 0 Å². The molecule has 0 aliphatic heterocycles. The summed E-state index contributed by atoms with van der Waals surface area (Å²) in [7, 11) is 0. The highest BCUT2D eigenvalue weighted by atomic mass is 16.4. The van der Waals surface area contributed by atoms with Crippen molar-refractivity contribution in [3.8, 4) is 0 Å². The van der Waals surface area contributed by atoms with Crippen molar-refractivity contribution in [2.45, 2.75) is 46.1 Å². The van der Waals surface area contributed by atoms with Gasteiger partial charge in [-0.3, -0.25) is 0 Å². The van der Waals surface area contributed by atoms with Crippen LogP contribution >= 0.6 is 0 Å². The first kappa shape index (κ1) is 17.7. The summed E-state index contributed by atoms with van der Waals surface area (Å²) >= 11 is 0. The molecule has 1 unspecified atom stereocenters. The van der Waals surface area contributed by atoms with Gasteiger partial charge in [0, 0.05) is 13.1 Å². The smallest absolute Gasteiger partial charge is 0.326 e. The number of hydrogen-bond acceptors (Lipinski definition) is 3. The van der Waals surface area contributed by atoms with Gasteiger partial charge >= 0.3 is 12.0 Å². The van der Waals surface area contributed by atoms with Crippen LogP contribution in [0.1, 0.15) is 40.0 Å². The molecule has 0 aromatic heterocycles. The molecule has 2 amide bonds. The second kappa shape index (κ2) is 10.6. The lowest BCUT2D eigenvalue weighted by atomic mass is 10.2. The number of carbonyl (C=O) groups excluding carboxylic acids is 1. The van der Waals surface area contributed by atoms with Crippen LogP contribution in [0.5, 0.6) is 0 Å². The Hall–Kier alpha value is -1.30. The van der Waals surface area contributed by atoms with E-state index < -0.39 is 18.0 Å². The predicted octanol–water partition coefficient (Wildman–Crippen LogP) is 1.27. The molecule has 19 heavy (non-hydrogen) atoms. The minimum atomic E-state index is -0.988. The maximum absolute atomic E-state index is 11.6. The van der Waals surface area contributed by atoms with Gasteiger partial charge in [-0.05, 0) is 25.9 Å². The first-order chi connectivity index (χ1) is 9.04. The molecule has 6 nitrogen and oxygen atoms in total. The normalized spacial score (nSPS) is 12.2. The van der Waals surface area contributed by atoms with Gasteiger partial charge in [-0.25, -0.2) is 9.59 Å². The van der Waals surface area contributed by atoms with Crippen LogP contribution in [-0.4, -0.2) is 54.2 Å². The molecule has 0 saturated heterocycles. The van der Waals surface area contributed by atoms with E-state index in [1.54, 1.807) is 0 Å². The Labute approximate surface area is 115 Å². The molecule has 3 N–H and O–H groups in total. The number of nitrogens with one attached hydrogen (secondary N) is 2. The van der Waals surface area contributed by atoms with Gasteiger partial charge in [0.2, 0.25) is 0 Å². The molecule has 0 rings (SSSR count). The Balaban J connectivity index is 3.93. The molecule has 1 atom stereocenters. The SMILES string of the molecule is CCCC(NC(=O)NCCN(CC)CCC)C(=O)O. The summed E-state index contributed by atoms with van der Waals surface area (Å²) < 4.78 is 0. The molecule has 0 radical (unpaired) electrons. The highest BCUT2D eigenvalue weighted by Gasteiger charge is 2.18. The Bertz CT molecular complexity index is 272. The summed E-state index contributed by atoms with van der Waals surface area (Å²) in [5.41, 5.74) is 0. The van der Waals surface area contributed by atoms with Crippen molar-refractivity contribution in [1.29, 1.82) is 0 Å². The van der Waals surface area contributed by atoms with Crippen LogP contribution in [0.3, 0.4) is 0 Å². The fourth-order valence-corrected chi connectivity index (χ4v) is 1.83. The van der Waals surface area contributed by atoms with Crippen LogP contribution in [-0.2, 0) is 4.79 Å². The summed E-state index contributed by atoms with van der Waals surface area (Å²) in [6, 6.07) is -1.21. The Kier molecular flexibility index (Phi) is 9.88. The van der Waals surface area contributed by atoms with Gasteiger partial charge in [-0.1, -0.05) is 27.2 Å². The van der Waals surface area contributed by atoms with Gasteiger partial charge in [0.25, 0.3) is 0 Å². The fourth-order valence-electron chi connectivity index (χ4n) is 1.83. The number of urea groups is 1. The van der Waals surface area contributed by atoms with E-state index in [9.17, 15) is 9.59 Å². The standard InChI is InChI=1S/C13H27N3O3/c1-4-7-11(12(17)18)15-13(19)14-8-10-16(6-3)9-5-2/h11H,4-10H2,1-3H3,(H,17,18)(H2,14,15,19). The van der Waals surface area contributed by atoms with Crippen molar-refractivity contribution in [2.24, 2.45) is 0 Å². The second-order valence-corrected chi connectivity index (χ2v) is 4.51. The van der Waals surface area contributed by atoms with Crippen molar-refractivity contribution >= 4 is 12.0 Å². The molecule has 0 aromatic rings. The van der Waals surface area contributed by atoms with E-state index >= 15 is 0 Å². The molecule has 112 valence electrons. The lowest BCUT2D eigenvalue weighted by molar-refractivity contribution is -0.139. The van der Waals surface area contributed by atoms with E-state index in [1.807, 2.05) is 6.92 Å². The molecule has 0 spiro atoms. The average Bonchev–Trinajstić information content (AvgIpc) is 2.37. The average molecular weight is 273 g/mol. The van der Waals surface area contributed by atoms with Crippen LogP contribution in [0.4, 0.5) is 4.79 Å². The summed E-state index contributed by atoms with van der Waals surface area (Å²) in [6.07, 6.45) is 2.24. The number of aliphatic carboxylic acids is 1. The molecule has 0 bridgehead atoms. The van der Waals surface area contributed by atoms with Crippen LogP contribution in [0.2, 0.25) is 0 Å². The Morgan fingerprint density at radius 2 is 1.84 bits per heavy atom. The lowest BCUT2D eigenvalue weighted by Gasteiger charge is -2.20. The monoisotopic (exact) mass is 273 g/mol. The number of likely N-dealkylation sites (N-methyl/N-ethyl adjacent to an activating group) is 1. The zero-order chi connectivity index (χ0) is 14.7. The van der Waals surface area contributed by atoms with Gasteiger partial charge in [-0.15, -0.1) is 0 Å². The summed E-state index contributed by atoms with van der Waals surface area (Å²) in [5.74, 6) is -0.988. The first-order valence-electron chi connectivity index (χ1n) is 7.04. The maximum Gasteiger partial charge on any atom is 0.326 e. The van der Waals surface area contributed by atoms with E-state index in [-0.39, 0.29) is 0 Å². The van der Waals surface area contributed by atoms with Crippen LogP contribution in [0.15, 0.2) is 0 Å². The van der Waals surface area contributed by atoms with Gasteiger partial charge in [0.05, 0.1) is 0 Å². The molecule has 6 heteroatoms. The van der Waals surface area contributed by atoms with E-state index in [1.165, 1.54) is 0 Å². The fraction of sp³-hybridized carbons (Fsp3) is 0.846. The van der Waals surface area contributed by atoms with Crippen LogP contribution in [0, 0.1) is 0 Å². The van der Waals surface area contributed by atoms with Crippen molar-refractivity contribution in [3.63, 3.8) is 0 Å². The van der Waals surface area contributed by atoms with Crippen molar-refractivity contribution in [2.75, 3.05) is 26.2 Å². The van der Waals surface area contributed by atoms with Gasteiger partial charge in [0.1, 0.15) is 6.04 Å². The number of carboxylic acids is 1. The largest absolute Gasteiger partial charge is 0.480 e. The lowest BCUT2D eigenvalue weighted by Crippen LogP contribution is -2.47. The molecular weight excluding hydrogens is 246 g/mol. The summed E-state index contributed by atoms with van der Waals surface area (Å²) in [6.45, 7) is 9.35. The minimum Gasteiger partial charge on any atom is -0.480 e. The molecule has 0 fully saturated rings. The van der Waals surface area contributed by atoms with E-state index in [0.29, 0.717) is 13.0 Å². The molecule has 0 aliphatic carbocycles. The van der Waals surface area contributed by atoms with Gasteiger partial charge in [-0.2, -0.15) is 0 Å². The first-order valence-corrected chi connectivity index (χ1v) is 7.04. The number of rotatable bonds is 10. The molecule has 0 heterocycles. The van der Waals surface area contributed by atoms with Crippen molar-refractivity contribution in [3.05, 3.63) is 0 Å². The number of carboxylic acid groups (broad SMARTS) is 1. The highest BCUT2D eigenvalue weighted by molar-refractivity contribution is 5.82. The predicted molar refractivity (Wildman–Crippen MR) is 75.3 cm³/mol. The number of hydrogen-bond donors (Lipinski definition) is 3. The highest BCUT2D eigenvalue weighted by Crippen LogP contribution is 1.96. The summed E-state index contributed by atoms with van der Waals surface area (Å²) in [5, 5.41) is 14.1. The molecule has 0 saturated carbocycles. The number of carbonyl (C=O) groups is 2. The number of nitrogens with zero attached hydrogens (tertiary/aromatic N) is 1. The quantitative estimate of drug-likeness (QED) is 0.560. The number of amides is 2. The second-order valence-electron chi connectivity index (χ2n) is 4.51. The molecular formula is C13H27N3O3. The zero-order valence-electron chi connectivity index (χ0n) is 12.2. The van der Waals surface area contributed by atoms with Gasteiger partial charge < -0.3 is 20.6 Å². The van der Waals surface area contributed by atoms with Crippen molar-refractivity contribution in [1.82, 2.24) is 15.5 Å². The molecule has 0 aromatic carbocycles. The summed E-state index contributed by atoms with van der Waals surface area (Å²) in [4.78, 5) is 24.7. The third-order valence-electron chi connectivity index (χ3n) is 2.88. The third kappa shape index (κ3) is 8.42.